The number of ether oxygens (including phenoxy) is 1. The largest absolute Gasteiger partial charge is 0.444 e. The minimum atomic E-state index is -0.585. The first-order chi connectivity index (χ1) is 15.1. The fraction of sp³-hybridized carbons (Fsp3) is 0.250. The number of anilines is 2. The Bertz CT molecular complexity index is 1110. The van der Waals surface area contributed by atoms with Gasteiger partial charge in [-0.2, -0.15) is 0 Å². The van der Waals surface area contributed by atoms with E-state index < -0.39 is 11.7 Å². The number of nitrogens with zero attached hydrogens (tertiary/aromatic N) is 2. The summed E-state index contributed by atoms with van der Waals surface area (Å²) in [5.41, 5.74) is 8.53. The van der Waals surface area contributed by atoms with Gasteiger partial charge in [0.05, 0.1) is 11.7 Å². The van der Waals surface area contributed by atoms with Crippen LogP contribution < -0.4 is 16.4 Å². The SMILES string of the molecule is CC(NC(=O)c1ccc(-c2ccnc(N)n2)cc1)c1cccc(NC(=O)OC(C)(C)C)c1. The van der Waals surface area contributed by atoms with Gasteiger partial charge in [-0.05, 0) is 63.6 Å². The van der Waals surface area contributed by atoms with Gasteiger partial charge in [-0.3, -0.25) is 10.1 Å². The van der Waals surface area contributed by atoms with Gasteiger partial charge in [0.15, 0.2) is 0 Å². The molecule has 0 aliphatic heterocycles. The van der Waals surface area contributed by atoms with Gasteiger partial charge in [0.1, 0.15) is 5.60 Å². The first-order valence-corrected chi connectivity index (χ1v) is 10.2. The highest BCUT2D eigenvalue weighted by Gasteiger charge is 2.17. The molecule has 0 aliphatic carbocycles. The van der Waals surface area contributed by atoms with E-state index >= 15 is 0 Å². The zero-order valence-electron chi connectivity index (χ0n) is 18.5. The molecule has 3 rings (SSSR count). The van der Waals surface area contributed by atoms with Crippen LogP contribution in [0, 0.1) is 0 Å². The molecule has 2 aromatic carbocycles. The third kappa shape index (κ3) is 6.28. The van der Waals surface area contributed by atoms with Crippen molar-refractivity contribution >= 4 is 23.6 Å². The van der Waals surface area contributed by atoms with E-state index in [0.29, 0.717) is 16.9 Å². The molecule has 0 saturated carbocycles. The summed E-state index contributed by atoms with van der Waals surface area (Å²) in [6, 6.07) is 15.8. The van der Waals surface area contributed by atoms with E-state index in [0.717, 1.165) is 11.1 Å². The lowest BCUT2D eigenvalue weighted by molar-refractivity contribution is 0.0635. The quantitative estimate of drug-likeness (QED) is 0.542. The summed E-state index contributed by atoms with van der Waals surface area (Å²) >= 11 is 0. The average molecular weight is 434 g/mol. The van der Waals surface area contributed by atoms with Gasteiger partial charge in [0.25, 0.3) is 5.91 Å². The third-order valence-corrected chi connectivity index (χ3v) is 4.50. The summed E-state index contributed by atoms with van der Waals surface area (Å²) < 4.78 is 5.28. The maximum atomic E-state index is 12.7. The standard InChI is InChI=1S/C24H27N5O3/c1-15(18-6-5-7-19(14-18)28-23(31)32-24(2,3)4)27-21(30)17-10-8-16(9-11-17)20-12-13-26-22(25)29-20/h5-15H,1-4H3,(H,27,30)(H,28,31)(H2,25,26,29). The molecule has 1 unspecified atom stereocenters. The van der Waals surface area contributed by atoms with Crippen molar-refractivity contribution in [1.82, 2.24) is 15.3 Å². The third-order valence-electron chi connectivity index (χ3n) is 4.50. The van der Waals surface area contributed by atoms with Crippen LogP contribution in [0.1, 0.15) is 49.7 Å². The molecule has 8 heteroatoms. The van der Waals surface area contributed by atoms with Gasteiger partial charge in [-0.15, -0.1) is 0 Å². The molecule has 1 atom stereocenters. The highest BCUT2D eigenvalue weighted by Crippen LogP contribution is 2.21. The van der Waals surface area contributed by atoms with Crippen LogP contribution in [0.5, 0.6) is 0 Å². The Labute approximate surface area is 187 Å². The number of hydrogen-bond donors (Lipinski definition) is 3. The number of aromatic nitrogens is 2. The number of hydrogen-bond acceptors (Lipinski definition) is 6. The maximum Gasteiger partial charge on any atom is 0.412 e. The van der Waals surface area contributed by atoms with Crippen LogP contribution in [0.25, 0.3) is 11.3 Å². The zero-order chi connectivity index (χ0) is 23.3. The molecule has 1 heterocycles. The Balaban J connectivity index is 1.65. The first kappa shape index (κ1) is 22.7. The normalized spacial score (nSPS) is 12.0. The van der Waals surface area contributed by atoms with Gasteiger partial charge < -0.3 is 15.8 Å². The van der Waals surface area contributed by atoms with Gasteiger partial charge in [-0.1, -0.05) is 24.3 Å². The van der Waals surface area contributed by atoms with Crippen LogP contribution in [0.2, 0.25) is 0 Å². The van der Waals surface area contributed by atoms with E-state index in [2.05, 4.69) is 20.6 Å². The van der Waals surface area contributed by atoms with Gasteiger partial charge in [0.2, 0.25) is 5.95 Å². The van der Waals surface area contributed by atoms with Crippen LogP contribution in [-0.2, 0) is 4.74 Å². The van der Waals surface area contributed by atoms with Crippen LogP contribution in [-0.4, -0.2) is 27.6 Å². The van der Waals surface area contributed by atoms with Gasteiger partial charge >= 0.3 is 6.09 Å². The molecular formula is C24H27N5O3. The molecule has 0 saturated heterocycles. The van der Waals surface area contributed by atoms with E-state index in [9.17, 15) is 9.59 Å². The second-order valence-electron chi connectivity index (χ2n) is 8.32. The summed E-state index contributed by atoms with van der Waals surface area (Å²) in [7, 11) is 0. The van der Waals surface area contributed by atoms with Crippen LogP contribution in [0.4, 0.5) is 16.4 Å². The van der Waals surface area contributed by atoms with Crippen molar-refractivity contribution in [1.29, 1.82) is 0 Å². The Hall–Kier alpha value is -3.94. The summed E-state index contributed by atoms with van der Waals surface area (Å²) in [5, 5.41) is 5.68. The molecule has 0 bridgehead atoms. The molecule has 4 N–H and O–H groups in total. The minimum absolute atomic E-state index is 0.196. The number of amides is 2. The topological polar surface area (TPSA) is 119 Å². The van der Waals surface area contributed by atoms with Crippen molar-refractivity contribution in [2.75, 3.05) is 11.1 Å². The van der Waals surface area contributed by atoms with Crippen molar-refractivity contribution in [2.45, 2.75) is 39.3 Å². The van der Waals surface area contributed by atoms with Crippen molar-refractivity contribution in [3.05, 3.63) is 71.9 Å². The average Bonchev–Trinajstić information content (AvgIpc) is 2.72. The van der Waals surface area contributed by atoms with E-state index in [1.54, 1.807) is 57.3 Å². The number of carbonyl (C=O) groups is 2. The van der Waals surface area contributed by atoms with Crippen LogP contribution in [0.3, 0.4) is 0 Å². The summed E-state index contributed by atoms with van der Waals surface area (Å²) in [4.78, 5) is 32.8. The number of nitrogens with two attached hydrogens (primary N) is 1. The first-order valence-electron chi connectivity index (χ1n) is 10.2. The summed E-state index contributed by atoms with van der Waals surface area (Å²) in [6.45, 7) is 7.28. The summed E-state index contributed by atoms with van der Waals surface area (Å²) in [6.07, 6.45) is 1.06. The Kier molecular flexibility index (Phi) is 6.73. The number of benzene rings is 2. The maximum absolute atomic E-state index is 12.7. The fourth-order valence-electron chi connectivity index (χ4n) is 3.00. The molecule has 0 aliphatic rings. The predicted molar refractivity (Wildman–Crippen MR) is 124 cm³/mol. The molecule has 2 amide bonds. The smallest absolute Gasteiger partial charge is 0.412 e. The molecule has 0 radical (unpaired) electrons. The van der Waals surface area contributed by atoms with E-state index in [1.165, 1.54) is 0 Å². The highest BCUT2D eigenvalue weighted by atomic mass is 16.6. The zero-order valence-corrected chi connectivity index (χ0v) is 18.5. The lowest BCUT2D eigenvalue weighted by atomic mass is 10.1. The van der Waals surface area contributed by atoms with E-state index in [-0.39, 0.29) is 17.9 Å². The van der Waals surface area contributed by atoms with Crippen molar-refractivity contribution in [3.63, 3.8) is 0 Å². The lowest BCUT2D eigenvalue weighted by Gasteiger charge is -2.20. The second-order valence-corrected chi connectivity index (χ2v) is 8.32. The molecule has 166 valence electrons. The molecule has 1 aromatic heterocycles. The number of nitrogens with one attached hydrogen (secondary N) is 2. The second kappa shape index (κ2) is 9.47. The van der Waals surface area contributed by atoms with Gasteiger partial charge in [0, 0.05) is 23.0 Å². The molecule has 8 nitrogen and oxygen atoms in total. The minimum Gasteiger partial charge on any atom is -0.444 e. The summed E-state index contributed by atoms with van der Waals surface area (Å²) in [5.74, 6) is -0.0155. The van der Waals surface area contributed by atoms with Gasteiger partial charge in [-0.25, -0.2) is 14.8 Å². The Morgan fingerprint density at radius 3 is 2.44 bits per heavy atom. The monoisotopic (exact) mass is 433 g/mol. The fourth-order valence-corrected chi connectivity index (χ4v) is 3.00. The number of rotatable bonds is 5. The highest BCUT2D eigenvalue weighted by molar-refractivity contribution is 5.95. The number of nitrogen functional groups attached to an aromatic ring is 1. The van der Waals surface area contributed by atoms with E-state index in [4.69, 9.17) is 10.5 Å². The molecule has 0 spiro atoms. The van der Waals surface area contributed by atoms with E-state index in [1.807, 2.05) is 31.2 Å². The number of carbonyl (C=O) groups excluding carboxylic acids is 2. The molecule has 32 heavy (non-hydrogen) atoms. The molecular weight excluding hydrogens is 406 g/mol. The van der Waals surface area contributed by atoms with Crippen molar-refractivity contribution in [3.8, 4) is 11.3 Å². The Morgan fingerprint density at radius 2 is 1.78 bits per heavy atom. The molecule has 0 fully saturated rings. The predicted octanol–water partition coefficient (Wildman–Crippen LogP) is 4.56. The van der Waals surface area contributed by atoms with Crippen LogP contribution in [0.15, 0.2) is 60.8 Å². The molecule has 3 aromatic rings. The Morgan fingerprint density at radius 1 is 1.06 bits per heavy atom. The van der Waals surface area contributed by atoms with Crippen LogP contribution >= 0.6 is 0 Å². The lowest BCUT2D eigenvalue weighted by Crippen LogP contribution is -2.28. The van der Waals surface area contributed by atoms with Crippen molar-refractivity contribution < 1.29 is 14.3 Å². The van der Waals surface area contributed by atoms with Crippen molar-refractivity contribution in [2.24, 2.45) is 0 Å².